The van der Waals surface area contributed by atoms with Gasteiger partial charge in [-0.2, -0.15) is 0 Å². The average Bonchev–Trinajstić information content (AvgIpc) is 2.81. The van der Waals surface area contributed by atoms with E-state index in [9.17, 15) is 4.79 Å². The maximum atomic E-state index is 11.5. The fourth-order valence-electron chi connectivity index (χ4n) is 1.62. The maximum absolute atomic E-state index is 11.5. The Kier molecular flexibility index (Phi) is 4.62. The minimum atomic E-state index is -0.472. The Morgan fingerprint density at radius 1 is 1.30 bits per heavy atom. The van der Waals surface area contributed by atoms with Crippen LogP contribution < -0.4 is 10.6 Å². The molecule has 1 aromatic carbocycles. The predicted molar refractivity (Wildman–Crippen MR) is 79.1 cm³/mol. The molecule has 0 spiro atoms. The van der Waals surface area contributed by atoms with Gasteiger partial charge in [-0.1, -0.05) is 0 Å². The number of alkyl carbamates (subject to hydrolysis) is 1. The zero-order chi connectivity index (χ0) is 14.6. The molecule has 0 fully saturated rings. The number of fused-ring (bicyclic) bond motifs is 1. The Balaban J connectivity index is 1.76. The van der Waals surface area contributed by atoms with Crippen molar-refractivity contribution in [1.82, 2.24) is 5.32 Å². The fraction of sp³-hybridized carbons (Fsp3) is 0.462. The number of benzene rings is 1. The number of anilines is 1. The second-order valence-electron chi connectivity index (χ2n) is 5.29. The van der Waals surface area contributed by atoms with Gasteiger partial charge >= 0.3 is 123 Å². The molecule has 0 radical (unpaired) electrons. The average molecular weight is 341 g/mol. The molecule has 1 heterocycles. The van der Waals surface area contributed by atoms with Crippen molar-refractivity contribution in [3.05, 3.63) is 18.2 Å². The molecule has 0 aliphatic carbocycles. The van der Waals surface area contributed by atoms with Crippen molar-refractivity contribution in [1.29, 1.82) is 0 Å². The summed E-state index contributed by atoms with van der Waals surface area (Å²) in [7, 11) is 0. The van der Waals surface area contributed by atoms with Gasteiger partial charge in [-0.3, -0.25) is 0 Å². The number of carbonyl (C=O) groups excluding carboxylic acids is 1. The first-order valence-electron chi connectivity index (χ1n) is 6.38. The molecule has 0 unspecified atom stereocenters. The van der Waals surface area contributed by atoms with Gasteiger partial charge in [-0.05, 0) is 0 Å². The third-order valence-electron chi connectivity index (χ3n) is 2.39. The Morgan fingerprint density at radius 2 is 2.10 bits per heavy atom. The summed E-state index contributed by atoms with van der Waals surface area (Å²) in [4.78, 5) is 11.5. The fourth-order valence-corrected chi connectivity index (χ4v) is 2.78. The standard InChI is InChI=1S/C13H18N4O2Se/c1-13(2,3)19-12(18)15-8-7-14-9-5-4-6-10-11(9)17-20-16-10/h4-6,14H,7-8H2,1-3H3,(H,15,18). The SMILES string of the molecule is CC(C)(C)OC(=O)NCCNc1cccc2c1N=[Se]=N2. The number of hydrogen-bond acceptors (Lipinski definition) is 5. The van der Waals surface area contributed by atoms with Gasteiger partial charge < -0.3 is 0 Å². The summed E-state index contributed by atoms with van der Waals surface area (Å²) in [6.07, 6.45) is -0.402. The molecule has 0 atom stereocenters. The Morgan fingerprint density at radius 3 is 2.85 bits per heavy atom. The van der Waals surface area contributed by atoms with Crippen molar-refractivity contribution in [2.24, 2.45) is 7.92 Å². The van der Waals surface area contributed by atoms with Gasteiger partial charge in [0, 0.05) is 0 Å². The normalized spacial score (nSPS) is 12.6. The van der Waals surface area contributed by atoms with Crippen molar-refractivity contribution in [3.63, 3.8) is 0 Å². The molecule has 1 aliphatic heterocycles. The molecule has 0 saturated carbocycles. The van der Waals surface area contributed by atoms with Crippen LogP contribution in [0.25, 0.3) is 0 Å². The molecule has 0 bridgehead atoms. The van der Waals surface area contributed by atoms with Gasteiger partial charge in [-0.25, -0.2) is 0 Å². The monoisotopic (exact) mass is 342 g/mol. The first-order valence-corrected chi connectivity index (χ1v) is 7.91. The number of hydrogen-bond donors (Lipinski definition) is 2. The predicted octanol–water partition coefficient (Wildman–Crippen LogP) is 2.97. The Hall–Kier alpha value is -1.59. The van der Waals surface area contributed by atoms with E-state index in [-0.39, 0.29) is 14.6 Å². The third kappa shape index (κ3) is 4.21. The molecule has 1 aliphatic rings. The quantitative estimate of drug-likeness (QED) is 0.663. The van der Waals surface area contributed by atoms with Crippen LogP contribution in [0.15, 0.2) is 26.1 Å². The number of nitrogens with zero attached hydrogens (tertiary/aromatic N) is 2. The zero-order valence-corrected chi connectivity index (χ0v) is 13.5. The van der Waals surface area contributed by atoms with Crippen LogP contribution in [-0.4, -0.2) is 39.4 Å². The number of rotatable bonds is 4. The molecular formula is C13H18N4O2Se. The van der Waals surface area contributed by atoms with Gasteiger partial charge in [0.1, 0.15) is 0 Å². The van der Waals surface area contributed by atoms with Crippen molar-refractivity contribution in [2.75, 3.05) is 18.4 Å². The van der Waals surface area contributed by atoms with E-state index in [4.69, 9.17) is 4.74 Å². The molecule has 0 saturated heterocycles. The van der Waals surface area contributed by atoms with Gasteiger partial charge in [0.2, 0.25) is 0 Å². The molecule has 7 heteroatoms. The van der Waals surface area contributed by atoms with E-state index in [1.165, 1.54) is 0 Å². The van der Waals surface area contributed by atoms with Crippen LogP contribution in [-0.2, 0) is 4.74 Å². The summed E-state index contributed by atoms with van der Waals surface area (Å²) in [6, 6.07) is 5.87. The van der Waals surface area contributed by atoms with Crippen LogP contribution in [0, 0.1) is 0 Å². The van der Waals surface area contributed by atoms with E-state index in [1.54, 1.807) is 0 Å². The molecule has 6 nitrogen and oxygen atoms in total. The van der Waals surface area contributed by atoms with Gasteiger partial charge in [0.25, 0.3) is 0 Å². The first-order chi connectivity index (χ1) is 9.46. The van der Waals surface area contributed by atoms with Crippen LogP contribution >= 0.6 is 0 Å². The topological polar surface area (TPSA) is 75.1 Å². The van der Waals surface area contributed by atoms with Gasteiger partial charge in [-0.15, -0.1) is 0 Å². The number of ether oxygens (including phenoxy) is 1. The van der Waals surface area contributed by atoms with Crippen molar-refractivity contribution in [2.45, 2.75) is 26.4 Å². The summed E-state index contributed by atoms with van der Waals surface area (Å²) in [6.45, 7) is 6.61. The molecular weight excluding hydrogens is 323 g/mol. The molecule has 108 valence electrons. The Labute approximate surface area is 124 Å². The van der Waals surface area contributed by atoms with Crippen LogP contribution in [0.2, 0.25) is 0 Å². The molecule has 1 aromatic rings. The van der Waals surface area contributed by atoms with Crippen molar-refractivity contribution < 1.29 is 9.53 Å². The molecule has 0 aromatic heterocycles. The van der Waals surface area contributed by atoms with Gasteiger partial charge in [0.05, 0.1) is 0 Å². The number of amides is 1. The molecule has 2 N–H and O–H groups in total. The van der Waals surface area contributed by atoms with Crippen LogP contribution in [0.5, 0.6) is 0 Å². The molecule has 2 rings (SSSR count). The van der Waals surface area contributed by atoms with Crippen LogP contribution in [0.3, 0.4) is 0 Å². The first kappa shape index (κ1) is 14.8. The van der Waals surface area contributed by atoms with Crippen molar-refractivity contribution in [3.8, 4) is 0 Å². The van der Waals surface area contributed by atoms with E-state index in [0.29, 0.717) is 13.1 Å². The summed E-state index contributed by atoms with van der Waals surface area (Å²) < 4.78 is 13.9. The van der Waals surface area contributed by atoms with E-state index in [2.05, 4.69) is 18.6 Å². The summed E-state index contributed by atoms with van der Waals surface area (Å²) >= 11 is -0.0329. The van der Waals surface area contributed by atoms with Crippen LogP contribution in [0.4, 0.5) is 21.9 Å². The van der Waals surface area contributed by atoms with E-state index in [0.717, 1.165) is 17.1 Å². The second-order valence-corrected chi connectivity index (χ2v) is 6.40. The Bertz CT molecular complexity index is 574. The van der Waals surface area contributed by atoms with Gasteiger partial charge in [0.15, 0.2) is 0 Å². The zero-order valence-electron chi connectivity index (χ0n) is 11.8. The van der Waals surface area contributed by atoms with E-state index in [1.807, 2.05) is 39.0 Å². The number of nitrogens with one attached hydrogen (secondary N) is 2. The summed E-state index contributed by atoms with van der Waals surface area (Å²) in [5, 5.41) is 5.95. The molecule has 20 heavy (non-hydrogen) atoms. The molecule has 1 amide bonds. The third-order valence-corrected chi connectivity index (χ3v) is 3.53. The number of carbonyl (C=O) groups is 1. The van der Waals surface area contributed by atoms with Crippen LogP contribution in [0.1, 0.15) is 20.8 Å². The summed E-state index contributed by atoms with van der Waals surface area (Å²) in [5.41, 5.74) is 2.34. The van der Waals surface area contributed by atoms with E-state index < -0.39 is 11.7 Å². The second kappa shape index (κ2) is 6.24. The van der Waals surface area contributed by atoms with E-state index >= 15 is 0 Å². The summed E-state index contributed by atoms with van der Waals surface area (Å²) in [5.74, 6) is 0. The minimum absolute atomic E-state index is 0.0329. The van der Waals surface area contributed by atoms with Crippen molar-refractivity contribution >= 4 is 37.7 Å².